The van der Waals surface area contributed by atoms with Crippen molar-refractivity contribution in [1.29, 1.82) is 0 Å². The molecule has 0 bridgehead atoms. The highest BCUT2D eigenvalue weighted by atomic mass is 19.1. The van der Waals surface area contributed by atoms with Gasteiger partial charge in [-0.2, -0.15) is 0 Å². The van der Waals surface area contributed by atoms with Gasteiger partial charge in [-0.3, -0.25) is 0 Å². The molecule has 1 aromatic carbocycles. The number of nitrogens with two attached hydrogens (primary N) is 1. The fourth-order valence-electron chi connectivity index (χ4n) is 3.41. The first-order chi connectivity index (χ1) is 15.7. The normalized spacial score (nSPS) is 15.2. The number of rotatable bonds is 9. The average Bonchev–Trinajstić information content (AvgIpc) is 3.19. The van der Waals surface area contributed by atoms with Crippen LogP contribution in [0.15, 0.2) is 83.8 Å². The van der Waals surface area contributed by atoms with E-state index in [1.165, 1.54) is 18.2 Å². The van der Waals surface area contributed by atoms with Crippen molar-refractivity contribution >= 4 is 11.6 Å². The molecule has 1 heterocycles. The Morgan fingerprint density at radius 1 is 1.27 bits per heavy atom. The van der Waals surface area contributed by atoms with Crippen LogP contribution in [0.5, 0.6) is 0 Å². The van der Waals surface area contributed by atoms with Crippen molar-refractivity contribution < 1.29 is 18.7 Å². The fraction of sp³-hybridized carbons (Fsp3) is 0.269. The molecule has 0 fully saturated rings. The molecule has 1 aromatic rings. The zero-order chi connectivity index (χ0) is 24.5. The van der Waals surface area contributed by atoms with Gasteiger partial charge < -0.3 is 21.1 Å². The minimum atomic E-state index is -0.671. The number of halogens is 2. The summed E-state index contributed by atoms with van der Waals surface area (Å²) in [7, 11) is 0. The summed E-state index contributed by atoms with van der Waals surface area (Å²) in [6, 6.07) is 2.98. The van der Waals surface area contributed by atoms with Gasteiger partial charge in [-0.05, 0) is 53.8 Å². The molecule has 0 spiro atoms. The second-order valence-corrected chi connectivity index (χ2v) is 7.83. The third-order valence-corrected chi connectivity index (χ3v) is 5.30. The van der Waals surface area contributed by atoms with Gasteiger partial charge in [-0.25, -0.2) is 13.6 Å². The number of aliphatic hydroxyl groups is 1. The van der Waals surface area contributed by atoms with Crippen LogP contribution in [0, 0.1) is 11.6 Å². The van der Waals surface area contributed by atoms with E-state index in [9.17, 15) is 18.7 Å². The molecule has 1 aliphatic rings. The lowest BCUT2D eigenvalue weighted by Crippen LogP contribution is -2.39. The summed E-state index contributed by atoms with van der Waals surface area (Å²) in [6.45, 7) is 12.1. The molecular weight excluding hydrogens is 424 g/mol. The molecule has 0 unspecified atom stereocenters. The molecule has 0 aromatic heterocycles. The van der Waals surface area contributed by atoms with Crippen molar-refractivity contribution in [2.75, 3.05) is 19.7 Å². The van der Waals surface area contributed by atoms with Crippen molar-refractivity contribution in [3.63, 3.8) is 0 Å². The summed E-state index contributed by atoms with van der Waals surface area (Å²) in [4.78, 5) is 14.3. The fourth-order valence-corrected chi connectivity index (χ4v) is 3.41. The van der Waals surface area contributed by atoms with E-state index in [1.807, 2.05) is 13.0 Å². The Bertz CT molecular complexity index is 1050. The first kappa shape index (κ1) is 25.8. The molecule has 0 saturated heterocycles. The predicted octanol–water partition coefficient (Wildman–Crippen LogP) is 4.95. The summed E-state index contributed by atoms with van der Waals surface area (Å²) in [6.07, 6.45) is 8.42. The minimum absolute atomic E-state index is 0.0269. The van der Waals surface area contributed by atoms with E-state index >= 15 is 0 Å². The highest BCUT2D eigenvalue weighted by Crippen LogP contribution is 2.23. The topological polar surface area (TPSA) is 78.6 Å². The van der Waals surface area contributed by atoms with Gasteiger partial charge in [0, 0.05) is 24.7 Å². The Morgan fingerprint density at radius 2 is 1.97 bits per heavy atom. The molecule has 7 heteroatoms. The molecular formula is C26H31F2N3O2. The van der Waals surface area contributed by atoms with E-state index in [0.717, 1.165) is 35.6 Å². The van der Waals surface area contributed by atoms with Gasteiger partial charge in [0.1, 0.15) is 11.6 Å². The number of hydrogen-bond donors (Lipinski definition) is 3. The van der Waals surface area contributed by atoms with Crippen molar-refractivity contribution in [2.24, 2.45) is 5.73 Å². The van der Waals surface area contributed by atoms with Gasteiger partial charge in [0.25, 0.3) is 0 Å². The monoisotopic (exact) mass is 455 g/mol. The number of hydrogen-bond acceptors (Lipinski definition) is 3. The highest BCUT2D eigenvalue weighted by molar-refractivity contribution is 5.79. The van der Waals surface area contributed by atoms with E-state index in [1.54, 1.807) is 24.0 Å². The minimum Gasteiger partial charge on any atom is -0.397 e. The first-order valence-corrected chi connectivity index (χ1v) is 10.7. The maximum atomic E-state index is 13.9. The number of amides is 2. The van der Waals surface area contributed by atoms with Crippen molar-refractivity contribution in [3.05, 3.63) is 101 Å². The number of carbonyl (C=O) groups excluding carboxylic acids is 1. The molecule has 0 saturated carbocycles. The quantitative estimate of drug-likeness (QED) is 0.461. The van der Waals surface area contributed by atoms with E-state index in [0.29, 0.717) is 18.7 Å². The van der Waals surface area contributed by atoms with E-state index in [4.69, 9.17) is 5.73 Å². The molecule has 2 rings (SSSR count). The van der Waals surface area contributed by atoms with E-state index in [2.05, 4.69) is 18.5 Å². The number of carbonyl (C=O) groups is 1. The average molecular weight is 456 g/mol. The number of aliphatic hydroxyl groups excluding tert-OH is 1. The van der Waals surface area contributed by atoms with Gasteiger partial charge >= 0.3 is 6.03 Å². The molecule has 4 N–H and O–H groups in total. The van der Waals surface area contributed by atoms with Crippen molar-refractivity contribution in [1.82, 2.24) is 10.2 Å². The van der Waals surface area contributed by atoms with Crippen LogP contribution in [0.25, 0.3) is 5.57 Å². The van der Waals surface area contributed by atoms with Crippen LogP contribution in [0.4, 0.5) is 13.6 Å². The number of urea groups is 1. The summed E-state index contributed by atoms with van der Waals surface area (Å²) < 4.78 is 27.0. The molecule has 0 radical (unpaired) electrons. The molecule has 5 nitrogen and oxygen atoms in total. The number of nitrogens with zero attached hydrogens (tertiary/aromatic N) is 1. The molecule has 2 amide bonds. The third kappa shape index (κ3) is 7.02. The van der Waals surface area contributed by atoms with E-state index in [-0.39, 0.29) is 29.6 Å². The Kier molecular flexibility index (Phi) is 9.36. The Balaban J connectivity index is 2.05. The molecule has 0 atom stereocenters. The van der Waals surface area contributed by atoms with Gasteiger partial charge in [0.15, 0.2) is 0 Å². The summed E-state index contributed by atoms with van der Waals surface area (Å²) in [5.74, 6) is -1.32. The molecule has 176 valence electrons. The van der Waals surface area contributed by atoms with Crippen LogP contribution in [-0.4, -0.2) is 35.7 Å². The van der Waals surface area contributed by atoms with Crippen LogP contribution in [-0.2, 0) is 0 Å². The molecule has 33 heavy (non-hydrogen) atoms. The van der Waals surface area contributed by atoms with Gasteiger partial charge in [0.2, 0.25) is 0 Å². The second kappa shape index (κ2) is 12.0. The number of benzene rings is 1. The lowest BCUT2D eigenvalue weighted by Gasteiger charge is -2.18. The number of allylic oxidation sites excluding steroid dienone is 3. The predicted molar refractivity (Wildman–Crippen MR) is 129 cm³/mol. The molecule has 0 aliphatic carbocycles. The number of nitrogens with one attached hydrogen (secondary N) is 1. The summed E-state index contributed by atoms with van der Waals surface area (Å²) in [5, 5.41) is 12.2. The Morgan fingerprint density at radius 3 is 2.58 bits per heavy atom. The van der Waals surface area contributed by atoms with Gasteiger partial charge in [-0.15, -0.1) is 0 Å². The molecule has 1 aliphatic heterocycles. The SMILES string of the molecule is C=CC1=C(/C=C(/CO)CCC)CN(C(=O)NC(=C)/C(N)=C\C=C(/C)c2ccc(F)cc2F)C1. The second-order valence-electron chi connectivity index (χ2n) is 7.83. The van der Waals surface area contributed by atoms with Gasteiger partial charge in [-0.1, -0.05) is 44.7 Å². The highest BCUT2D eigenvalue weighted by Gasteiger charge is 2.24. The lowest BCUT2D eigenvalue weighted by atomic mass is 10.1. The maximum Gasteiger partial charge on any atom is 0.322 e. The third-order valence-electron chi connectivity index (χ3n) is 5.30. The summed E-state index contributed by atoms with van der Waals surface area (Å²) >= 11 is 0. The van der Waals surface area contributed by atoms with Crippen LogP contribution in [0.1, 0.15) is 32.3 Å². The van der Waals surface area contributed by atoms with Crippen LogP contribution in [0.3, 0.4) is 0 Å². The van der Waals surface area contributed by atoms with Crippen molar-refractivity contribution in [2.45, 2.75) is 26.7 Å². The largest absolute Gasteiger partial charge is 0.397 e. The lowest BCUT2D eigenvalue weighted by molar-refractivity contribution is 0.213. The van der Waals surface area contributed by atoms with Gasteiger partial charge in [0.05, 0.1) is 18.0 Å². The van der Waals surface area contributed by atoms with Crippen LogP contribution in [0.2, 0.25) is 0 Å². The zero-order valence-electron chi connectivity index (χ0n) is 19.1. The Labute approximate surface area is 194 Å². The Hall–Kier alpha value is -3.45. The zero-order valence-corrected chi connectivity index (χ0v) is 19.1. The maximum absolute atomic E-state index is 13.9. The first-order valence-electron chi connectivity index (χ1n) is 10.7. The van der Waals surface area contributed by atoms with E-state index < -0.39 is 11.6 Å². The smallest absolute Gasteiger partial charge is 0.322 e. The standard InChI is InChI=1S/C26H31F2N3O2/c1-5-7-19(16-32)12-21-15-31(14-20(21)6-2)26(33)30-18(4)25(29)11-8-17(3)23-10-9-22(27)13-24(23)28/h6,8-13,32H,2,4-5,7,14-16,29H2,1,3H3,(H,30,33)/b17-8+,19-12+,25-11+. The van der Waals surface area contributed by atoms with Crippen molar-refractivity contribution in [3.8, 4) is 0 Å². The van der Waals surface area contributed by atoms with Crippen LogP contribution < -0.4 is 11.1 Å². The summed E-state index contributed by atoms with van der Waals surface area (Å²) in [5.41, 5.74) is 9.97. The van der Waals surface area contributed by atoms with Crippen LogP contribution >= 0.6 is 0 Å².